The van der Waals surface area contributed by atoms with Gasteiger partial charge in [-0.2, -0.15) is 0 Å². The van der Waals surface area contributed by atoms with Gasteiger partial charge in [0.2, 0.25) is 10.0 Å². The summed E-state index contributed by atoms with van der Waals surface area (Å²) < 4.78 is 30.3. The van der Waals surface area contributed by atoms with Crippen molar-refractivity contribution in [3.8, 4) is 0 Å². The van der Waals surface area contributed by atoms with E-state index in [2.05, 4.69) is 10.1 Å². The van der Waals surface area contributed by atoms with E-state index in [0.717, 1.165) is 10.3 Å². The lowest BCUT2D eigenvalue weighted by molar-refractivity contribution is -0.147. The molecule has 1 aromatic carbocycles. The van der Waals surface area contributed by atoms with Crippen molar-refractivity contribution < 1.29 is 27.5 Å². The van der Waals surface area contributed by atoms with Crippen molar-refractivity contribution >= 4 is 45.3 Å². The summed E-state index contributed by atoms with van der Waals surface area (Å²) in [7, 11) is -3.86. The monoisotopic (exact) mass is 437 g/mol. The maximum atomic E-state index is 11.8. The zero-order chi connectivity index (χ0) is 21.1. The number of carbonyl (C=O) groups is 3. The van der Waals surface area contributed by atoms with Crippen LogP contribution in [-0.4, -0.2) is 39.5 Å². The van der Waals surface area contributed by atoms with Crippen LogP contribution in [0.25, 0.3) is 6.08 Å². The molecule has 2 rings (SSSR count). The summed E-state index contributed by atoms with van der Waals surface area (Å²) in [5.74, 6) is -1.80. The topological polar surface area (TPSA) is 131 Å². The third kappa shape index (κ3) is 9.14. The SMILES string of the molecule is O=C(COC(=O)CNS(=O)(=O)/C=C/c1ccccc1)NC(=O)NCc1cccs1. The van der Waals surface area contributed by atoms with Gasteiger partial charge in [-0.1, -0.05) is 36.4 Å². The number of hydrogen-bond acceptors (Lipinski definition) is 7. The Morgan fingerprint density at radius 2 is 1.83 bits per heavy atom. The van der Waals surface area contributed by atoms with Crippen LogP contribution in [0.2, 0.25) is 0 Å². The maximum absolute atomic E-state index is 11.8. The first kappa shape index (κ1) is 22.3. The van der Waals surface area contributed by atoms with Crippen LogP contribution >= 0.6 is 11.3 Å². The molecule has 1 heterocycles. The first-order chi connectivity index (χ1) is 13.8. The largest absolute Gasteiger partial charge is 0.455 e. The lowest BCUT2D eigenvalue weighted by Gasteiger charge is -2.07. The molecule has 0 radical (unpaired) electrons. The number of thiophene rings is 1. The molecule has 154 valence electrons. The molecule has 9 nitrogen and oxygen atoms in total. The second-order valence-corrected chi connectivity index (χ2v) is 8.23. The fourth-order valence-corrected chi connectivity index (χ4v) is 3.32. The summed E-state index contributed by atoms with van der Waals surface area (Å²) in [5.41, 5.74) is 0.675. The number of ether oxygens (including phenoxy) is 1. The number of hydrogen-bond donors (Lipinski definition) is 3. The van der Waals surface area contributed by atoms with E-state index in [1.807, 2.05) is 27.6 Å². The van der Waals surface area contributed by atoms with Crippen molar-refractivity contribution in [1.82, 2.24) is 15.4 Å². The van der Waals surface area contributed by atoms with Gasteiger partial charge in [-0.15, -0.1) is 11.3 Å². The number of benzene rings is 1. The minimum absolute atomic E-state index is 0.259. The van der Waals surface area contributed by atoms with Crippen molar-refractivity contribution in [3.05, 3.63) is 63.7 Å². The van der Waals surface area contributed by atoms with Crippen LogP contribution in [0.1, 0.15) is 10.4 Å². The highest BCUT2D eigenvalue weighted by molar-refractivity contribution is 7.92. The second kappa shape index (κ2) is 11.1. The van der Waals surface area contributed by atoms with Gasteiger partial charge in [0.15, 0.2) is 6.61 Å². The summed E-state index contributed by atoms with van der Waals surface area (Å²) in [6.45, 7) is -1.11. The average Bonchev–Trinajstić information content (AvgIpc) is 3.22. The number of esters is 1. The summed E-state index contributed by atoms with van der Waals surface area (Å²) in [6, 6.07) is 11.7. The number of urea groups is 1. The maximum Gasteiger partial charge on any atom is 0.321 e. The molecular formula is C18H19N3O6S2. The van der Waals surface area contributed by atoms with E-state index in [1.165, 1.54) is 17.4 Å². The molecule has 3 N–H and O–H groups in total. The summed E-state index contributed by atoms with van der Waals surface area (Å²) in [4.78, 5) is 35.6. The van der Waals surface area contributed by atoms with Crippen LogP contribution in [0.15, 0.2) is 53.3 Å². The Morgan fingerprint density at radius 3 is 2.52 bits per heavy atom. The van der Waals surface area contributed by atoms with Crippen LogP contribution in [0.5, 0.6) is 0 Å². The van der Waals surface area contributed by atoms with E-state index in [4.69, 9.17) is 0 Å². The van der Waals surface area contributed by atoms with Gasteiger partial charge >= 0.3 is 12.0 Å². The van der Waals surface area contributed by atoms with Gasteiger partial charge in [0.25, 0.3) is 5.91 Å². The van der Waals surface area contributed by atoms with E-state index >= 15 is 0 Å². The molecule has 29 heavy (non-hydrogen) atoms. The third-order valence-electron chi connectivity index (χ3n) is 3.28. The van der Waals surface area contributed by atoms with E-state index < -0.39 is 41.1 Å². The molecule has 0 saturated carbocycles. The molecule has 0 atom stereocenters. The molecule has 0 bridgehead atoms. The van der Waals surface area contributed by atoms with Gasteiger partial charge in [-0.3, -0.25) is 14.9 Å². The fourth-order valence-electron chi connectivity index (χ4n) is 1.92. The number of carbonyl (C=O) groups excluding carboxylic acids is 3. The van der Waals surface area contributed by atoms with E-state index in [-0.39, 0.29) is 6.54 Å². The van der Waals surface area contributed by atoms with Gasteiger partial charge in [0, 0.05) is 10.3 Å². The molecule has 0 saturated heterocycles. The highest BCUT2D eigenvalue weighted by Crippen LogP contribution is 2.07. The quantitative estimate of drug-likeness (QED) is 0.506. The first-order valence-electron chi connectivity index (χ1n) is 8.32. The van der Waals surface area contributed by atoms with Crippen molar-refractivity contribution in [1.29, 1.82) is 0 Å². The number of imide groups is 1. The van der Waals surface area contributed by atoms with Gasteiger partial charge in [-0.25, -0.2) is 17.9 Å². The molecule has 0 spiro atoms. The van der Waals surface area contributed by atoms with E-state index in [1.54, 1.807) is 30.3 Å². The molecule has 0 aliphatic rings. The Morgan fingerprint density at radius 1 is 1.07 bits per heavy atom. The van der Waals surface area contributed by atoms with Gasteiger partial charge in [-0.05, 0) is 23.1 Å². The van der Waals surface area contributed by atoms with E-state index in [0.29, 0.717) is 5.56 Å². The predicted octanol–water partition coefficient (Wildman–Crippen LogP) is 1.21. The van der Waals surface area contributed by atoms with Crippen molar-refractivity contribution in [2.75, 3.05) is 13.2 Å². The molecule has 0 aliphatic carbocycles. The summed E-state index contributed by atoms with van der Waals surface area (Å²) in [5, 5.41) is 7.24. The minimum atomic E-state index is -3.86. The molecule has 11 heteroatoms. The number of rotatable bonds is 9. The smallest absolute Gasteiger partial charge is 0.321 e. The van der Waals surface area contributed by atoms with Crippen LogP contribution in [0.4, 0.5) is 4.79 Å². The van der Waals surface area contributed by atoms with Crippen molar-refractivity contribution in [2.24, 2.45) is 0 Å². The average molecular weight is 437 g/mol. The Labute approximate surface area is 171 Å². The molecule has 1 aromatic heterocycles. The van der Waals surface area contributed by atoms with E-state index in [9.17, 15) is 22.8 Å². The van der Waals surface area contributed by atoms with Crippen LogP contribution in [-0.2, 0) is 30.9 Å². The summed E-state index contributed by atoms with van der Waals surface area (Å²) in [6.07, 6.45) is 1.37. The van der Waals surface area contributed by atoms with Crippen LogP contribution in [0.3, 0.4) is 0 Å². The lowest BCUT2D eigenvalue weighted by atomic mass is 10.2. The normalized spacial score (nSPS) is 11.2. The Kier molecular flexibility index (Phi) is 8.52. The highest BCUT2D eigenvalue weighted by Gasteiger charge is 2.13. The molecule has 0 fully saturated rings. The summed E-state index contributed by atoms with van der Waals surface area (Å²) >= 11 is 1.45. The zero-order valence-corrected chi connectivity index (χ0v) is 16.8. The fraction of sp³-hybridized carbons (Fsp3) is 0.167. The van der Waals surface area contributed by atoms with Crippen LogP contribution in [0, 0.1) is 0 Å². The lowest BCUT2D eigenvalue weighted by Crippen LogP contribution is -2.41. The Bertz CT molecular complexity index is 957. The molecular weight excluding hydrogens is 418 g/mol. The second-order valence-electron chi connectivity index (χ2n) is 5.55. The van der Waals surface area contributed by atoms with Gasteiger partial charge < -0.3 is 10.1 Å². The van der Waals surface area contributed by atoms with Crippen LogP contribution < -0.4 is 15.4 Å². The van der Waals surface area contributed by atoms with Crippen molar-refractivity contribution in [2.45, 2.75) is 6.54 Å². The first-order valence-corrected chi connectivity index (χ1v) is 10.7. The molecule has 0 unspecified atom stereocenters. The Hall–Kier alpha value is -3.02. The number of amides is 3. The number of sulfonamides is 1. The highest BCUT2D eigenvalue weighted by atomic mass is 32.2. The number of nitrogens with one attached hydrogen (secondary N) is 3. The molecule has 0 aliphatic heterocycles. The van der Waals surface area contributed by atoms with Gasteiger partial charge in [0.1, 0.15) is 6.54 Å². The zero-order valence-electron chi connectivity index (χ0n) is 15.2. The minimum Gasteiger partial charge on any atom is -0.455 e. The predicted molar refractivity (Wildman–Crippen MR) is 108 cm³/mol. The molecule has 3 amide bonds. The molecule has 2 aromatic rings. The van der Waals surface area contributed by atoms with Gasteiger partial charge in [0.05, 0.1) is 6.54 Å². The third-order valence-corrected chi connectivity index (χ3v) is 5.19. The standard InChI is InChI=1S/C18H19N3O6S2/c22-16(21-18(24)19-11-15-7-4-9-28-15)13-27-17(23)12-20-29(25,26)10-8-14-5-2-1-3-6-14/h1-10,20H,11-13H2,(H2,19,21,22,24)/b10-8+. The Balaban J connectivity index is 1.66. The van der Waals surface area contributed by atoms with Crippen molar-refractivity contribution in [3.63, 3.8) is 0 Å².